The first-order valence-electron chi connectivity index (χ1n) is 9.26. The van der Waals surface area contributed by atoms with Crippen LogP contribution in [0.15, 0.2) is 46.9 Å². The largest absolute Gasteiger partial charge is 0.484 e. The molecule has 0 radical (unpaired) electrons. The maximum Gasteiger partial charge on any atom is 0.261 e. The van der Waals surface area contributed by atoms with Crippen LogP contribution in [0.5, 0.6) is 5.75 Å². The fraction of sp³-hybridized carbons (Fsp3) is 0.286. The number of rotatable bonds is 7. The number of carbonyl (C=O) groups excluding carboxylic acids is 1. The molecule has 1 heterocycles. The predicted molar refractivity (Wildman–Crippen MR) is 110 cm³/mol. The van der Waals surface area contributed by atoms with E-state index in [2.05, 4.69) is 10.2 Å². The predicted octanol–water partition coefficient (Wildman–Crippen LogP) is 4.92. The molecule has 0 unspecified atom stereocenters. The number of nitrogens with zero attached hydrogens (tertiary/aromatic N) is 3. The van der Waals surface area contributed by atoms with E-state index in [9.17, 15) is 4.79 Å². The summed E-state index contributed by atoms with van der Waals surface area (Å²) < 4.78 is 11.4. The second kappa shape index (κ2) is 8.43. The maximum atomic E-state index is 12.7. The van der Waals surface area contributed by atoms with Gasteiger partial charge < -0.3 is 14.1 Å². The van der Waals surface area contributed by atoms with E-state index < -0.39 is 0 Å². The molecule has 0 saturated heterocycles. The van der Waals surface area contributed by atoms with Crippen LogP contribution in [0, 0.1) is 6.92 Å². The van der Waals surface area contributed by atoms with Crippen LogP contribution in [0.4, 0.5) is 0 Å². The molecule has 3 aromatic rings. The highest BCUT2D eigenvalue weighted by molar-refractivity contribution is 6.31. The van der Waals surface area contributed by atoms with E-state index in [1.807, 2.05) is 25.1 Å². The van der Waals surface area contributed by atoms with E-state index >= 15 is 0 Å². The van der Waals surface area contributed by atoms with E-state index in [1.54, 1.807) is 29.2 Å². The monoisotopic (exact) mass is 431 g/mol. The van der Waals surface area contributed by atoms with Crippen molar-refractivity contribution in [3.8, 4) is 17.2 Å². The lowest BCUT2D eigenvalue weighted by Gasteiger charge is -2.20. The number of aryl methyl sites for hydroxylation is 1. The van der Waals surface area contributed by atoms with Crippen molar-refractivity contribution in [2.24, 2.45) is 0 Å². The molecule has 29 heavy (non-hydrogen) atoms. The van der Waals surface area contributed by atoms with Crippen LogP contribution in [-0.4, -0.2) is 33.7 Å². The van der Waals surface area contributed by atoms with Crippen LogP contribution >= 0.6 is 23.2 Å². The van der Waals surface area contributed by atoms with Gasteiger partial charge in [-0.3, -0.25) is 4.79 Å². The fourth-order valence-corrected chi connectivity index (χ4v) is 3.16. The lowest BCUT2D eigenvalue weighted by Crippen LogP contribution is -2.36. The van der Waals surface area contributed by atoms with Gasteiger partial charge in [-0.05, 0) is 67.8 Å². The van der Waals surface area contributed by atoms with Crippen molar-refractivity contribution < 1.29 is 13.9 Å². The number of benzene rings is 2. The zero-order valence-corrected chi connectivity index (χ0v) is 17.3. The van der Waals surface area contributed by atoms with Gasteiger partial charge in [0, 0.05) is 21.7 Å². The molecule has 0 aliphatic heterocycles. The molecule has 1 saturated carbocycles. The number of hydrogen-bond donors (Lipinski definition) is 0. The first kappa shape index (κ1) is 19.7. The van der Waals surface area contributed by atoms with Crippen LogP contribution in [-0.2, 0) is 11.3 Å². The number of amides is 1. The second-order valence-corrected chi connectivity index (χ2v) is 7.80. The van der Waals surface area contributed by atoms with Crippen LogP contribution < -0.4 is 4.74 Å². The van der Waals surface area contributed by atoms with Gasteiger partial charge in [0.15, 0.2) is 6.61 Å². The molecule has 1 amide bonds. The molecule has 1 aliphatic carbocycles. The van der Waals surface area contributed by atoms with Crippen LogP contribution in [0.2, 0.25) is 10.0 Å². The lowest BCUT2D eigenvalue weighted by molar-refractivity contribution is -0.134. The highest BCUT2D eigenvalue weighted by Gasteiger charge is 2.34. The SMILES string of the molecule is Cc1cc(OCC(=O)N(Cc2nnc(-c3ccc(Cl)cc3)o2)C2CC2)ccc1Cl. The normalized spacial score (nSPS) is 13.3. The smallest absolute Gasteiger partial charge is 0.261 e. The minimum atomic E-state index is -0.119. The van der Waals surface area contributed by atoms with Gasteiger partial charge in [-0.15, -0.1) is 10.2 Å². The van der Waals surface area contributed by atoms with Crippen LogP contribution in [0.1, 0.15) is 24.3 Å². The van der Waals surface area contributed by atoms with Gasteiger partial charge in [-0.1, -0.05) is 23.2 Å². The highest BCUT2D eigenvalue weighted by Crippen LogP contribution is 2.29. The number of aromatic nitrogens is 2. The zero-order chi connectivity index (χ0) is 20.4. The topological polar surface area (TPSA) is 68.5 Å². The molecule has 4 rings (SSSR count). The average Bonchev–Trinajstić information content (AvgIpc) is 3.45. The summed E-state index contributed by atoms with van der Waals surface area (Å²) in [4.78, 5) is 14.5. The lowest BCUT2D eigenvalue weighted by atomic mass is 10.2. The summed E-state index contributed by atoms with van der Waals surface area (Å²) in [7, 11) is 0. The fourth-order valence-electron chi connectivity index (χ4n) is 2.91. The van der Waals surface area contributed by atoms with E-state index in [0.717, 1.165) is 24.0 Å². The molecule has 6 nitrogen and oxygen atoms in total. The molecule has 0 bridgehead atoms. The minimum Gasteiger partial charge on any atom is -0.484 e. The van der Waals surface area contributed by atoms with Crippen LogP contribution in [0.25, 0.3) is 11.5 Å². The summed E-state index contributed by atoms with van der Waals surface area (Å²) in [6.07, 6.45) is 1.92. The summed E-state index contributed by atoms with van der Waals surface area (Å²) in [5.41, 5.74) is 1.68. The Morgan fingerprint density at radius 1 is 1.17 bits per heavy atom. The van der Waals surface area contributed by atoms with Gasteiger partial charge in [0.05, 0.1) is 6.54 Å². The Kier molecular flexibility index (Phi) is 5.74. The Morgan fingerprint density at radius 2 is 1.93 bits per heavy atom. The van der Waals surface area contributed by atoms with E-state index in [0.29, 0.717) is 27.6 Å². The Hall–Kier alpha value is -2.57. The summed E-state index contributed by atoms with van der Waals surface area (Å²) >= 11 is 11.9. The Labute approximate surface area is 178 Å². The molecule has 0 spiro atoms. The van der Waals surface area contributed by atoms with E-state index in [4.69, 9.17) is 32.4 Å². The molecule has 8 heteroatoms. The third-order valence-electron chi connectivity index (χ3n) is 4.66. The zero-order valence-electron chi connectivity index (χ0n) is 15.8. The summed E-state index contributed by atoms with van der Waals surface area (Å²) in [6, 6.07) is 12.6. The third kappa shape index (κ3) is 4.89. The first-order valence-corrected chi connectivity index (χ1v) is 10.0. The number of ether oxygens (including phenoxy) is 1. The number of halogens is 2. The van der Waals surface area contributed by atoms with Crippen molar-refractivity contribution in [1.29, 1.82) is 0 Å². The average molecular weight is 432 g/mol. The van der Waals surface area contributed by atoms with Crippen molar-refractivity contribution >= 4 is 29.1 Å². The van der Waals surface area contributed by atoms with Gasteiger partial charge in [0.1, 0.15) is 5.75 Å². The summed E-state index contributed by atoms with van der Waals surface area (Å²) in [5, 5.41) is 9.46. The molecular formula is C21H19Cl2N3O3. The van der Waals surface area contributed by atoms with Gasteiger partial charge in [-0.25, -0.2) is 0 Å². The van der Waals surface area contributed by atoms with Gasteiger partial charge in [0.2, 0.25) is 11.8 Å². The van der Waals surface area contributed by atoms with Crippen molar-refractivity contribution in [1.82, 2.24) is 15.1 Å². The first-order chi connectivity index (χ1) is 14.0. The molecule has 1 aromatic heterocycles. The van der Waals surface area contributed by atoms with E-state index in [-0.39, 0.29) is 25.1 Å². The Morgan fingerprint density at radius 3 is 2.62 bits per heavy atom. The van der Waals surface area contributed by atoms with Crippen molar-refractivity contribution in [3.05, 3.63) is 64.0 Å². The molecule has 0 atom stereocenters. The molecule has 0 N–H and O–H groups in total. The number of carbonyl (C=O) groups is 1. The molecular weight excluding hydrogens is 413 g/mol. The van der Waals surface area contributed by atoms with Gasteiger partial charge in [-0.2, -0.15) is 0 Å². The van der Waals surface area contributed by atoms with Crippen LogP contribution in [0.3, 0.4) is 0 Å². The Bertz CT molecular complexity index is 1020. The van der Waals surface area contributed by atoms with Gasteiger partial charge >= 0.3 is 0 Å². The third-order valence-corrected chi connectivity index (χ3v) is 5.34. The van der Waals surface area contributed by atoms with Gasteiger partial charge in [0.25, 0.3) is 5.91 Å². The van der Waals surface area contributed by atoms with Crippen molar-refractivity contribution in [3.63, 3.8) is 0 Å². The standard InChI is InChI=1S/C21H19Cl2N3O3/c1-13-10-17(8-9-18(13)23)28-12-20(27)26(16-6-7-16)11-19-24-25-21(29-19)14-2-4-15(22)5-3-14/h2-5,8-10,16H,6-7,11-12H2,1H3. The molecule has 1 fully saturated rings. The maximum absolute atomic E-state index is 12.7. The van der Waals surface area contributed by atoms with Crippen molar-refractivity contribution in [2.75, 3.05) is 6.61 Å². The van der Waals surface area contributed by atoms with E-state index in [1.165, 1.54) is 0 Å². The molecule has 1 aliphatic rings. The summed E-state index contributed by atoms with van der Waals surface area (Å²) in [6.45, 7) is 2.09. The minimum absolute atomic E-state index is 0.0598. The molecule has 150 valence electrons. The second-order valence-electron chi connectivity index (χ2n) is 6.96. The summed E-state index contributed by atoms with van der Waals surface area (Å²) in [5.74, 6) is 1.27. The quantitative estimate of drug-likeness (QED) is 0.530. The number of hydrogen-bond acceptors (Lipinski definition) is 5. The van der Waals surface area contributed by atoms with Crippen molar-refractivity contribution in [2.45, 2.75) is 32.4 Å². The molecule has 2 aromatic carbocycles. The highest BCUT2D eigenvalue weighted by atomic mass is 35.5. The Balaban J connectivity index is 1.41.